The van der Waals surface area contributed by atoms with Crippen LogP contribution in [0.15, 0.2) is 54.7 Å². The molecule has 0 spiro atoms. The molecule has 3 heteroatoms. The van der Waals surface area contributed by atoms with E-state index < -0.39 is 0 Å². The third kappa shape index (κ3) is 5.08. The first-order valence-corrected chi connectivity index (χ1v) is 13.9. The number of pyridine rings is 1. The van der Waals surface area contributed by atoms with Gasteiger partial charge in [0.25, 0.3) is 0 Å². The summed E-state index contributed by atoms with van der Waals surface area (Å²) in [7, 11) is 0. The van der Waals surface area contributed by atoms with Crippen molar-refractivity contribution in [2.45, 2.75) is 86.5 Å². The summed E-state index contributed by atoms with van der Waals surface area (Å²) in [6.07, 6.45) is 3.14. The van der Waals surface area contributed by atoms with Crippen LogP contribution in [0.2, 0.25) is 0 Å². The topological polar surface area (TPSA) is 17.3 Å². The molecule has 0 fully saturated rings. The quantitative estimate of drug-likeness (QED) is 0.133. The van der Waals surface area contributed by atoms with Crippen LogP contribution in [0.5, 0.6) is 0 Å². The molecule has 0 aliphatic heterocycles. The fourth-order valence-electron chi connectivity index (χ4n) is 5.76. The van der Waals surface area contributed by atoms with Crippen LogP contribution in [0, 0.1) is 11.5 Å². The Morgan fingerprint density at radius 3 is 2.08 bits per heavy atom. The minimum atomic E-state index is 0. The summed E-state index contributed by atoms with van der Waals surface area (Å²) in [5, 5.41) is 3.59. The maximum atomic E-state index is 5.05. The van der Waals surface area contributed by atoms with Crippen LogP contribution in [0.1, 0.15) is 102 Å². The van der Waals surface area contributed by atoms with Gasteiger partial charge in [0.05, 0.1) is 11.3 Å². The number of fused-ring (bicyclic) bond motifs is 6. The van der Waals surface area contributed by atoms with Gasteiger partial charge >= 0.3 is 0 Å². The Labute approximate surface area is 242 Å². The molecule has 2 nitrogen and oxygen atoms in total. The Bertz CT molecular complexity index is 1580. The van der Waals surface area contributed by atoms with E-state index in [2.05, 4.69) is 121 Å². The standard InChI is InChI=1S/C35H41N2.Ir/c1-21(2)25-17-28(22(3)4)33(29(18-25)23(5)6)32-20-36-34-27-13-11-10-12-26(27)30-16-24(19-35(7,8)9)14-15-31(30)37(32)34;/h10-12,14-18,20-23H,19H2,1-9H3;/q-1;. The first-order valence-electron chi connectivity index (χ1n) is 13.9. The van der Waals surface area contributed by atoms with E-state index in [1.807, 2.05) is 6.07 Å². The van der Waals surface area contributed by atoms with Crippen molar-refractivity contribution >= 4 is 27.3 Å². The first-order chi connectivity index (χ1) is 17.5. The molecule has 1 radical (unpaired) electrons. The molecule has 0 unspecified atom stereocenters. The van der Waals surface area contributed by atoms with Crippen molar-refractivity contribution in [2.75, 3.05) is 0 Å². The van der Waals surface area contributed by atoms with E-state index in [1.165, 1.54) is 49.8 Å². The first kappa shape index (κ1) is 28.5. The smallest absolute Gasteiger partial charge is 0.0639 e. The van der Waals surface area contributed by atoms with Gasteiger partial charge in [-0.1, -0.05) is 92.0 Å². The average molecular weight is 682 g/mol. The normalized spacial score (nSPS) is 12.4. The molecule has 0 amide bonds. The van der Waals surface area contributed by atoms with Gasteiger partial charge in [-0.2, -0.15) is 0 Å². The fraction of sp³-hybridized carbons (Fsp3) is 0.400. The molecule has 38 heavy (non-hydrogen) atoms. The zero-order valence-corrected chi connectivity index (χ0v) is 26.8. The largest absolute Gasteiger partial charge is 0.333 e. The Hall–Kier alpha value is -2.48. The number of benzene rings is 3. The van der Waals surface area contributed by atoms with Crippen molar-refractivity contribution in [1.29, 1.82) is 0 Å². The number of aromatic nitrogens is 2. The van der Waals surface area contributed by atoms with Crippen LogP contribution in [0.3, 0.4) is 0 Å². The third-order valence-electron chi connectivity index (χ3n) is 7.56. The van der Waals surface area contributed by atoms with E-state index in [0.717, 1.165) is 17.5 Å². The maximum Gasteiger partial charge on any atom is 0.0639 e. The molecule has 0 atom stereocenters. The van der Waals surface area contributed by atoms with Gasteiger partial charge < -0.3 is 4.40 Å². The van der Waals surface area contributed by atoms with Gasteiger partial charge in [-0.25, -0.2) is 0 Å². The van der Waals surface area contributed by atoms with Crippen molar-refractivity contribution in [1.82, 2.24) is 9.38 Å². The molecule has 3 aromatic carbocycles. The number of hydrogen-bond acceptors (Lipinski definition) is 1. The van der Waals surface area contributed by atoms with Crippen LogP contribution >= 0.6 is 0 Å². The molecule has 201 valence electrons. The van der Waals surface area contributed by atoms with Crippen LogP contribution in [-0.2, 0) is 26.5 Å². The number of imidazole rings is 1. The van der Waals surface area contributed by atoms with E-state index >= 15 is 0 Å². The Morgan fingerprint density at radius 2 is 1.50 bits per heavy atom. The van der Waals surface area contributed by atoms with Gasteiger partial charge in [0.2, 0.25) is 0 Å². The molecule has 0 aliphatic rings. The summed E-state index contributed by atoms with van der Waals surface area (Å²) in [6, 6.07) is 21.8. The van der Waals surface area contributed by atoms with Gasteiger partial charge in [0, 0.05) is 37.4 Å². The molecule has 5 aromatic rings. The average Bonchev–Trinajstić information content (AvgIpc) is 3.27. The van der Waals surface area contributed by atoms with Gasteiger partial charge in [-0.05, 0) is 63.3 Å². The summed E-state index contributed by atoms with van der Waals surface area (Å²) in [5.74, 6) is 1.31. The molecule has 0 saturated carbocycles. The van der Waals surface area contributed by atoms with Gasteiger partial charge in [0.1, 0.15) is 0 Å². The summed E-state index contributed by atoms with van der Waals surface area (Å²) in [4.78, 5) is 5.05. The molecule has 2 aromatic heterocycles. The Kier molecular flexibility index (Phi) is 7.95. The van der Waals surface area contributed by atoms with Crippen molar-refractivity contribution in [2.24, 2.45) is 5.41 Å². The fourth-order valence-corrected chi connectivity index (χ4v) is 5.76. The number of rotatable bonds is 5. The predicted octanol–water partition coefficient (Wildman–Crippen LogP) is 10.1. The van der Waals surface area contributed by atoms with Crippen molar-refractivity contribution in [3.63, 3.8) is 0 Å². The minimum Gasteiger partial charge on any atom is -0.333 e. The zero-order valence-electron chi connectivity index (χ0n) is 24.4. The second-order valence-electron chi connectivity index (χ2n) is 12.9. The second-order valence-corrected chi connectivity index (χ2v) is 12.9. The third-order valence-corrected chi connectivity index (χ3v) is 7.56. The molecular weight excluding hydrogens is 641 g/mol. The van der Waals surface area contributed by atoms with Gasteiger partial charge in [0.15, 0.2) is 0 Å². The van der Waals surface area contributed by atoms with Crippen LogP contribution < -0.4 is 0 Å². The van der Waals surface area contributed by atoms with E-state index in [4.69, 9.17) is 4.98 Å². The summed E-state index contributed by atoms with van der Waals surface area (Å²) < 4.78 is 2.40. The molecule has 0 N–H and O–H groups in total. The molecule has 0 aliphatic carbocycles. The zero-order chi connectivity index (χ0) is 26.6. The van der Waals surface area contributed by atoms with Crippen molar-refractivity contribution < 1.29 is 20.1 Å². The second kappa shape index (κ2) is 10.6. The summed E-state index contributed by atoms with van der Waals surface area (Å²) >= 11 is 0. The van der Waals surface area contributed by atoms with E-state index in [0.29, 0.717) is 17.8 Å². The maximum absolute atomic E-state index is 5.05. The van der Waals surface area contributed by atoms with Crippen LogP contribution in [0.4, 0.5) is 0 Å². The minimum absolute atomic E-state index is 0. The molecular formula is C35H41IrN2-. The van der Waals surface area contributed by atoms with Crippen LogP contribution in [0.25, 0.3) is 38.6 Å². The molecule has 0 bridgehead atoms. The monoisotopic (exact) mass is 682 g/mol. The van der Waals surface area contributed by atoms with Crippen molar-refractivity contribution in [3.8, 4) is 11.3 Å². The summed E-state index contributed by atoms with van der Waals surface area (Å²) in [5.41, 5.74) is 10.6. The number of hydrogen-bond donors (Lipinski definition) is 0. The molecule has 0 saturated heterocycles. The molecule has 5 rings (SSSR count). The number of nitrogens with zero attached hydrogens (tertiary/aromatic N) is 2. The van der Waals surface area contributed by atoms with Crippen LogP contribution in [-0.4, -0.2) is 9.38 Å². The Morgan fingerprint density at radius 1 is 0.842 bits per heavy atom. The van der Waals surface area contributed by atoms with Crippen molar-refractivity contribution in [3.05, 3.63) is 83.0 Å². The van der Waals surface area contributed by atoms with E-state index in [1.54, 1.807) is 0 Å². The summed E-state index contributed by atoms with van der Waals surface area (Å²) in [6.45, 7) is 20.8. The molecule has 2 heterocycles. The van der Waals surface area contributed by atoms with E-state index in [-0.39, 0.29) is 25.5 Å². The van der Waals surface area contributed by atoms with E-state index in [9.17, 15) is 0 Å². The van der Waals surface area contributed by atoms with Gasteiger partial charge in [-0.3, -0.25) is 4.98 Å². The Balaban J connectivity index is 0.00000336. The van der Waals surface area contributed by atoms with Gasteiger partial charge in [-0.15, -0.1) is 29.7 Å². The SMILES string of the molecule is CC(C)c1cc(C(C)C)c(-c2cnc3c4[c-]cccc4c4cc(CC(C)(C)C)ccc4n23)c(C(C)C)c1.[Ir]. The predicted molar refractivity (Wildman–Crippen MR) is 160 cm³/mol.